The summed E-state index contributed by atoms with van der Waals surface area (Å²) in [7, 11) is 0. The van der Waals surface area contributed by atoms with Gasteiger partial charge in [-0.25, -0.2) is 0 Å². The molecule has 1 rings (SSSR count). The molecule has 0 bridgehead atoms. The highest BCUT2D eigenvalue weighted by Gasteiger charge is 2.32. The molecule has 0 aliphatic heterocycles. The molecule has 0 fully saturated rings. The maximum Gasteiger partial charge on any atom is 0.573 e. The molecule has 0 aromatic heterocycles. The summed E-state index contributed by atoms with van der Waals surface area (Å²) < 4.78 is 44.4. The number of halogens is 5. The molecule has 0 spiro atoms. The summed E-state index contributed by atoms with van der Waals surface area (Å²) in [5, 5.41) is -0.174. The number of benzene rings is 1. The van der Waals surface area contributed by atoms with Crippen LogP contribution in [0.4, 0.5) is 13.2 Å². The highest BCUT2D eigenvalue weighted by atomic mass is 35.5. The van der Waals surface area contributed by atoms with E-state index in [0.29, 0.717) is 12.3 Å². The molecule has 8 heteroatoms. The van der Waals surface area contributed by atoms with Gasteiger partial charge in [-0.1, -0.05) is 11.6 Å². The fraction of sp³-hybridized carbons (Fsp3) is 0.333. The average Bonchev–Trinajstić information content (AvgIpc) is 2.17. The number of alkyl halides is 3. The van der Waals surface area contributed by atoms with Crippen LogP contribution in [-0.4, -0.2) is 19.5 Å². The van der Waals surface area contributed by atoms with Gasteiger partial charge in [0.25, 0.3) is 0 Å². The van der Waals surface area contributed by atoms with Crippen molar-refractivity contribution in [1.82, 2.24) is 0 Å². The van der Waals surface area contributed by atoms with Gasteiger partial charge in [-0.2, -0.15) is 0 Å². The molecule has 0 amide bonds. The highest BCUT2D eigenvalue weighted by molar-refractivity contribution is 6.32. The quantitative estimate of drug-likeness (QED) is 0.927. The van der Waals surface area contributed by atoms with Crippen molar-refractivity contribution in [3.63, 3.8) is 0 Å². The lowest BCUT2D eigenvalue weighted by molar-refractivity contribution is -0.274. The number of hydrogen-bond donors (Lipinski definition) is 1. The van der Waals surface area contributed by atoms with Crippen LogP contribution in [0.3, 0.4) is 0 Å². The van der Waals surface area contributed by atoms with Gasteiger partial charge >= 0.3 is 6.36 Å². The normalized spacial score (nSPS) is 10.6. The standard InChI is InChI=1S/C9H9ClF3NO2.ClH/c10-7-5-6(15-4-3-14)1-2-8(7)16-9(11,12)13;/h1-2,5H,3-4,14H2;1H. The fourth-order valence-electron chi connectivity index (χ4n) is 0.956. The van der Waals surface area contributed by atoms with Crippen LogP contribution in [0.5, 0.6) is 11.5 Å². The van der Waals surface area contributed by atoms with Crippen molar-refractivity contribution in [1.29, 1.82) is 0 Å². The second kappa shape index (κ2) is 6.78. The first-order valence-corrected chi connectivity index (χ1v) is 4.68. The predicted octanol–water partition coefficient (Wildman–Crippen LogP) is 3.00. The van der Waals surface area contributed by atoms with Gasteiger partial charge in [0.15, 0.2) is 0 Å². The molecule has 0 heterocycles. The van der Waals surface area contributed by atoms with E-state index in [-0.39, 0.29) is 24.0 Å². The average molecular weight is 292 g/mol. The molecule has 0 saturated heterocycles. The topological polar surface area (TPSA) is 44.5 Å². The Kier molecular flexibility index (Phi) is 6.44. The summed E-state index contributed by atoms with van der Waals surface area (Å²) in [5.74, 6) is -0.126. The van der Waals surface area contributed by atoms with Gasteiger partial charge in [-0.05, 0) is 12.1 Å². The van der Waals surface area contributed by atoms with Crippen LogP contribution in [0.1, 0.15) is 0 Å². The van der Waals surface area contributed by atoms with Crippen LogP contribution < -0.4 is 15.2 Å². The van der Waals surface area contributed by atoms with Crippen LogP contribution in [0, 0.1) is 0 Å². The minimum Gasteiger partial charge on any atom is -0.492 e. The first kappa shape index (κ1) is 16.1. The largest absolute Gasteiger partial charge is 0.573 e. The maximum atomic E-state index is 11.9. The highest BCUT2D eigenvalue weighted by Crippen LogP contribution is 2.32. The Labute approximate surface area is 107 Å². The molecular formula is C9H10Cl2F3NO2. The molecule has 0 atom stereocenters. The third-order valence-corrected chi connectivity index (χ3v) is 1.81. The molecule has 2 N–H and O–H groups in total. The van der Waals surface area contributed by atoms with Gasteiger partial charge in [-0.15, -0.1) is 25.6 Å². The van der Waals surface area contributed by atoms with Crippen LogP contribution in [-0.2, 0) is 0 Å². The molecule has 17 heavy (non-hydrogen) atoms. The van der Waals surface area contributed by atoms with Gasteiger partial charge < -0.3 is 15.2 Å². The molecule has 98 valence electrons. The molecule has 0 unspecified atom stereocenters. The zero-order valence-corrected chi connectivity index (χ0v) is 10.0. The summed E-state index contributed by atoms with van der Waals surface area (Å²) >= 11 is 5.58. The molecule has 0 saturated carbocycles. The lowest BCUT2D eigenvalue weighted by atomic mass is 10.3. The molecule has 3 nitrogen and oxygen atoms in total. The van der Waals surface area contributed by atoms with Crippen molar-refractivity contribution in [3.8, 4) is 11.5 Å². The monoisotopic (exact) mass is 291 g/mol. The van der Waals surface area contributed by atoms with E-state index in [1.165, 1.54) is 12.1 Å². The lowest BCUT2D eigenvalue weighted by Crippen LogP contribution is -2.17. The van der Waals surface area contributed by atoms with E-state index in [9.17, 15) is 13.2 Å². The molecule has 0 aliphatic carbocycles. The Balaban J connectivity index is 0.00000256. The predicted molar refractivity (Wildman–Crippen MR) is 59.9 cm³/mol. The third kappa shape index (κ3) is 5.86. The zero-order valence-electron chi connectivity index (χ0n) is 8.46. The SMILES string of the molecule is Cl.NCCOc1ccc(OC(F)(F)F)c(Cl)c1. The van der Waals surface area contributed by atoms with Crippen molar-refractivity contribution in [2.75, 3.05) is 13.2 Å². The Morgan fingerprint density at radius 2 is 1.94 bits per heavy atom. The van der Waals surface area contributed by atoms with Gasteiger partial charge in [-0.3, -0.25) is 0 Å². The summed E-state index contributed by atoms with van der Waals surface area (Å²) in [6, 6.07) is 3.64. The summed E-state index contributed by atoms with van der Waals surface area (Å²) in [4.78, 5) is 0. The third-order valence-electron chi connectivity index (χ3n) is 1.52. The smallest absolute Gasteiger partial charge is 0.492 e. The number of ether oxygens (including phenoxy) is 2. The first-order chi connectivity index (χ1) is 7.42. The molecular weight excluding hydrogens is 282 g/mol. The fourth-order valence-corrected chi connectivity index (χ4v) is 1.16. The Bertz CT molecular complexity index is 361. The van der Waals surface area contributed by atoms with E-state index in [2.05, 4.69) is 4.74 Å². The maximum absolute atomic E-state index is 11.9. The zero-order chi connectivity index (χ0) is 12.2. The molecule has 0 aliphatic rings. The van der Waals surface area contributed by atoms with Crippen LogP contribution in [0.15, 0.2) is 18.2 Å². The van der Waals surface area contributed by atoms with Gasteiger partial charge in [0.2, 0.25) is 0 Å². The number of nitrogens with two attached hydrogens (primary N) is 1. The summed E-state index contributed by atoms with van der Waals surface area (Å²) in [6.45, 7) is 0.564. The summed E-state index contributed by atoms with van der Waals surface area (Å²) in [6.07, 6.45) is -4.76. The van der Waals surface area contributed by atoms with Crippen LogP contribution in [0.2, 0.25) is 5.02 Å². The molecule has 0 radical (unpaired) electrons. The van der Waals surface area contributed by atoms with E-state index in [1.54, 1.807) is 0 Å². The lowest BCUT2D eigenvalue weighted by Gasteiger charge is -2.11. The van der Waals surface area contributed by atoms with E-state index >= 15 is 0 Å². The van der Waals surface area contributed by atoms with E-state index in [4.69, 9.17) is 22.1 Å². The van der Waals surface area contributed by atoms with Crippen molar-refractivity contribution in [3.05, 3.63) is 23.2 Å². The summed E-state index contributed by atoms with van der Waals surface area (Å²) in [5.41, 5.74) is 5.20. The molecule has 1 aromatic rings. The second-order valence-corrected chi connectivity index (χ2v) is 3.18. The Morgan fingerprint density at radius 1 is 1.29 bits per heavy atom. The minimum atomic E-state index is -4.76. The van der Waals surface area contributed by atoms with Gasteiger partial charge in [0.05, 0.1) is 5.02 Å². The van der Waals surface area contributed by atoms with E-state index < -0.39 is 12.1 Å². The van der Waals surface area contributed by atoms with Crippen LogP contribution in [0.25, 0.3) is 0 Å². The Hall–Kier alpha value is -0.850. The second-order valence-electron chi connectivity index (χ2n) is 2.78. The van der Waals surface area contributed by atoms with Gasteiger partial charge in [0, 0.05) is 12.6 Å². The van der Waals surface area contributed by atoms with Crippen molar-refractivity contribution in [2.45, 2.75) is 6.36 Å². The molecule has 1 aromatic carbocycles. The van der Waals surface area contributed by atoms with Crippen LogP contribution >= 0.6 is 24.0 Å². The van der Waals surface area contributed by atoms with Crippen molar-refractivity contribution in [2.24, 2.45) is 5.73 Å². The first-order valence-electron chi connectivity index (χ1n) is 4.30. The van der Waals surface area contributed by atoms with E-state index in [0.717, 1.165) is 6.07 Å². The number of hydrogen-bond acceptors (Lipinski definition) is 3. The van der Waals surface area contributed by atoms with Crippen molar-refractivity contribution < 1.29 is 22.6 Å². The minimum absolute atomic E-state index is 0. The van der Waals surface area contributed by atoms with Gasteiger partial charge in [0.1, 0.15) is 18.1 Å². The van der Waals surface area contributed by atoms with Crippen molar-refractivity contribution >= 4 is 24.0 Å². The van der Waals surface area contributed by atoms with E-state index in [1.807, 2.05) is 0 Å². The number of rotatable bonds is 4. The Morgan fingerprint density at radius 3 is 2.41 bits per heavy atom.